The lowest BCUT2D eigenvalue weighted by Gasteiger charge is -2.30. The van der Waals surface area contributed by atoms with Gasteiger partial charge < -0.3 is 19.9 Å². The van der Waals surface area contributed by atoms with E-state index < -0.39 is 0 Å². The van der Waals surface area contributed by atoms with E-state index in [-0.39, 0.29) is 23.6 Å². The molecule has 0 saturated heterocycles. The standard InChI is InChI=1S/C22H31N5O3/c1-13(2)18(14(3)19(23-5)26-22(4)8-9-22)21(29)27-10-7-15-16(11-27)24-17(12-30-6)25-20(15)28/h26H,5,7-12H2,1-4,6H3,(H,24,25,28)/b19-14-. The van der Waals surface area contributed by atoms with Gasteiger partial charge in [-0.2, -0.15) is 0 Å². The summed E-state index contributed by atoms with van der Waals surface area (Å²) >= 11 is 0. The average molecular weight is 414 g/mol. The number of rotatable bonds is 7. The van der Waals surface area contributed by atoms with Gasteiger partial charge in [0.05, 0.1) is 12.2 Å². The number of aliphatic imine (C=N–C) groups is 1. The van der Waals surface area contributed by atoms with Crippen LogP contribution >= 0.6 is 0 Å². The molecule has 3 rings (SSSR count). The summed E-state index contributed by atoms with van der Waals surface area (Å²) in [5.41, 5.74) is 3.46. The Balaban J connectivity index is 1.90. The minimum Gasteiger partial charge on any atom is -0.377 e. The highest BCUT2D eigenvalue weighted by Gasteiger charge is 2.38. The molecule has 0 radical (unpaired) electrons. The number of H-pyrrole nitrogens is 1. The van der Waals surface area contributed by atoms with Crippen molar-refractivity contribution in [2.45, 2.75) is 65.6 Å². The van der Waals surface area contributed by atoms with Gasteiger partial charge in [0.25, 0.3) is 11.5 Å². The third-order valence-electron chi connectivity index (χ3n) is 5.71. The van der Waals surface area contributed by atoms with Gasteiger partial charge in [0.15, 0.2) is 0 Å². The number of nitrogens with zero attached hydrogens (tertiary/aromatic N) is 3. The van der Waals surface area contributed by atoms with Gasteiger partial charge in [0, 0.05) is 35.9 Å². The Morgan fingerprint density at radius 2 is 2.07 bits per heavy atom. The maximum absolute atomic E-state index is 13.5. The second-order valence-corrected chi connectivity index (χ2v) is 8.54. The van der Waals surface area contributed by atoms with E-state index in [1.807, 2.05) is 20.8 Å². The van der Waals surface area contributed by atoms with E-state index in [0.717, 1.165) is 24.0 Å². The molecule has 1 amide bonds. The van der Waals surface area contributed by atoms with E-state index in [2.05, 4.69) is 33.9 Å². The first-order valence-corrected chi connectivity index (χ1v) is 10.2. The van der Waals surface area contributed by atoms with Crippen molar-refractivity contribution in [2.24, 2.45) is 4.99 Å². The molecule has 1 aromatic heterocycles. The largest absolute Gasteiger partial charge is 0.377 e. The summed E-state index contributed by atoms with van der Waals surface area (Å²) in [6, 6.07) is 0. The lowest BCUT2D eigenvalue weighted by atomic mass is 9.98. The summed E-state index contributed by atoms with van der Waals surface area (Å²) in [6.07, 6.45) is 2.62. The van der Waals surface area contributed by atoms with Crippen LogP contribution in [0.1, 0.15) is 57.6 Å². The van der Waals surface area contributed by atoms with Crippen molar-refractivity contribution < 1.29 is 9.53 Å². The van der Waals surface area contributed by atoms with E-state index in [1.165, 1.54) is 0 Å². The average Bonchev–Trinajstić information content (AvgIpc) is 3.42. The van der Waals surface area contributed by atoms with Crippen LogP contribution in [0.2, 0.25) is 0 Å². The molecule has 8 nitrogen and oxygen atoms in total. The number of methoxy groups -OCH3 is 1. The van der Waals surface area contributed by atoms with E-state index in [4.69, 9.17) is 4.74 Å². The number of aromatic nitrogens is 2. The minimum atomic E-state index is -0.155. The van der Waals surface area contributed by atoms with Crippen molar-refractivity contribution in [3.63, 3.8) is 0 Å². The number of nitrogens with one attached hydrogen (secondary N) is 2. The Bertz CT molecular complexity index is 981. The summed E-state index contributed by atoms with van der Waals surface area (Å²) in [5.74, 6) is 1.03. The normalized spacial score (nSPS) is 17.6. The van der Waals surface area contributed by atoms with Gasteiger partial charge in [-0.3, -0.25) is 9.59 Å². The molecule has 2 heterocycles. The van der Waals surface area contributed by atoms with Crippen molar-refractivity contribution in [3.8, 4) is 0 Å². The summed E-state index contributed by atoms with van der Waals surface area (Å²) in [4.78, 5) is 39.0. The van der Waals surface area contributed by atoms with Crippen molar-refractivity contribution >= 4 is 12.6 Å². The molecule has 30 heavy (non-hydrogen) atoms. The molecule has 2 aliphatic rings. The Hall–Kier alpha value is -2.74. The van der Waals surface area contributed by atoms with Crippen LogP contribution < -0.4 is 10.9 Å². The van der Waals surface area contributed by atoms with Gasteiger partial charge in [0.2, 0.25) is 0 Å². The zero-order chi connectivity index (χ0) is 22.1. The number of carbonyl (C=O) groups excluding carboxylic acids is 1. The molecule has 0 spiro atoms. The summed E-state index contributed by atoms with van der Waals surface area (Å²) in [7, 11) is 1.55. The predicted octanol–water partition coefficient (Wildman–Crippen LogP) is 2.21. The van der Waals surface area contributed by atoms with Crippen LogP contribution in [-0.2, 0) is 29.1 Å². The fourth-order valence-electron chi connectivity index (χ4n) is 3.75. The van der Waals surface area contributed by atoms with E-state index in [9.17, 15) is 9.59 Å². The number of carbonyl (C=O) groups is 1. The Morgan fingerprint density at radius 1 is 1.37 bits per heavy atom. The summed E-state index contributed by atoms with van der Waals surface area (Å²) < 4.78 is 5.08. The Kier molecular flexibility index (Phi) is 6.26. The molecule has 1 fully saturated rings. The van der Waals surface area contributed by atoms with Gasteiger partial charge in [-0.05, 0) is 53.7 Å². The zero-order valence-electron chi connectivity index (χ0n) is 18.5. The molecule has 0 bridgehead atoms. The van der Waals surface area contributed by atoms with Crippen LogP contribution in [0.5, 0.6) is 0 Å². The molecular formula is C22H31N5O3. The summed E-state index contributed by atoms with van der Waals surface area (Å²) in [5, 5.41) is 3.43. The predicted molar refractivity (Wildman–Crippen MR) is 116 cm³/mol. The molecule has 0 atom stereocenters. The van der Waals surface area contributed by atoms with Crippen LogP contribution in [0.3, 0.4) is 0 Å². The SMILES string of the molecule is C=N/C(NC1(C)CC1)=C(\C)C(C(=O)N1CCc2c(nc(COC)[nH]c2=O)C1)=C(C)C. The minimum absolute atomic E-state index is 0.0281. The van der Waals surface area contributed by atoms with Gasteiger partial charge in [-0.25, -0.2) is 9.98 Å². The quantitative estimate of drug-likeness (QED) is 0.406. The lowest BCUT2D eigenvalue weighted by Crippen LogP contribution is -2.40. The van der Waals surface area contributed by atoms with Crippen LogP contribution in [0.15, 0.2) is 32.3 Å². The third-order valence-corrected chi connectivity index (χ3v) is 5.71. The number of fused-ring (bicyclic) bond motifs is 1. The molecule has 162 valence electrons. The number of hydrogen-bond donors (Lipinski definition) is 2. The highest BCUT2D eigenvalue weighted by Crippen LogP contribution is 2.36. The lowest BCUT2D eigenvalue weighted by molar-refractivity contribution is -0.127. The monoisotopic (exact) mass is 413 g/mol. The van der Waals surface area contributed by atoms with E-state index >= 15 is 0 Å². The second kappa shape index (κ2) is 8.55. The number of hydrogen-bond acceptors (Lipinski definition) is 6. The molecule has 1 aliphatic carbocycles. The molecule has 2 N–H and O–H groups in total. The van der Waals surface area contributed by atoms with Crippen LogP contribution in [0.4, 0.5) is 0 Å². The number of ether oxygens (including phenoxy) is 1. The van der Waals surface area contributed by atoms with Gasteiger partial charge in [-0.1, -0.05) is 5.57 Å². The number of aromatic amines is 1. The van der Waals surface area contributed by atoms with Crippen molar-refractivity contribution in [1.82, 2.24) is 20.2 Å². The van der Waals surface area contributed by atoms with Crippen LogP contribution in [0.25, 0.3) is 0 Å². The number of allylic oxidation sites excluding steroid dienone is 1. The van der Waals surface area contributed by atoms with Gasteiger partial charge in [-0.15, -0.1) is 0 Å². The first kappa shape index (κ1) is 22.0. The first-order valence-electron chi connectivity index (χ1n) is 10.2. The second-order valence-electron chi connectivity index (χ2n) is 8.54. The topological polar surface area (TPSA) is 99.7 Å². The van der Waals surface area contributed by atoms with E-state index in [0.29, 0.717) is 48.0 Å². The molecule has 0 aromatic carbocycles. The fraction of sp³-hybridized carbons (Fsp3) is 0.545. The number of amides is 1. The highest BCUT2D eigenvalue weighted by atomic mass is 16.5. The van der Waals surface area contributed by atoms with Crippen molar-refractivity contribution in [2.75, 3.05) is 13.7 Å². The van der Waals surface area contributed by atoms with Gasteiger partial charge >= 0.3 is 0 Å². The van der Waals surface area contributed by atoms with Crippen molar-refractivity contribution in [1.29, 1.82) is 0 Å². The Labute approximate surface area is 177 Å². The summed E-state index contributed by atoms with van der Waals surface area (Å²) in [6.45, 7) is 12.6. The van der Waals surface area contributed by atoms with Crippen LogP contribution in [0, 0.1) is 0 Å². The zero-order valence-corrected chi connectivity index (χ0v) is 18.5. The molecule has 1 saturated carbocycles. The molecular weight excluding hydrogens is 382 g/mol. The van der Waals surface area contributed by atoms with Crippen molar-refractivity contribution in [3.05, 3.63) is 50.0 Å². The molecule has 8 heteroatoms. The third kappa shape index (κ3) is 4.53. The van der Waals surface area contributed by atoms with Gasteiger partial charge in [0.1, 0.15) is 18.3 Å². The molecule has 1 aliphatic heterocycles. The maximum atomic E-state index is 13.5. The maximum Gasteiger partial charge on any atom is 0.254 e. The molecule has 0 unspecified atom stereocenters. The first-order chi connectivity index (χ1) is 14.2. The van der Waals surface area contributed by atoms with Crippen LogP contribution in [-0.4, -0.2) is 46.7 Å². The highest BCUT2D eigenvalue weighted by molar-refractivity contribution is 5.98. The fourth-order valence-corrected chi connectivity index (χ4v) is 3.75. The smallest absolute Gasteiger partial charge is 0.254 e. The molecule has 1 aromatic rings. The van der Waals surface area contributed by atoms with E-state index in [1.54, 1.807) is 12.0 Å². The Morgan fingerprint density at radius 3 is 2.63 bits per heavy atom.